The van der Waals surface area contributed by atoms with Crippen LogP contribution in [0.3, 0.4) is 0 Å². The first-order valence-corrected chi connectivity index (χ1v) is 8.29. The number of rotatable bonds is 7. The van der Waals surface area contributed by atoms with E-state index in [1.807, 2.05) is 63.2 Å². The zero-order valence-corrected chi connectivity index (χ0v) is 15.9. The number of carbonyl (C=O) groups is 1. The smallest absolute Gasteiger partial charge is 0.220 e. The van der Waals surface area contributed by atoms with Gasteiger partial charge in [-0.25, -0.2) is 0 Å². The van der Waals surface area contributed by atoms with Crippen molar-refractivity contribution in [2.45, 2.75) is 39.7 Å². The Bertz CT molecular complexity index is 684. The van der Waals surface area contributed by atoms with Gasteiger partial charge in [0.15, 0.2) is 0 Å². The predicted molar refractivity (Wildman–Crippen MR) is 105 cm³/mol. The highest BCUT2D eigenvalue weighted by atomic mass is 35.5. The Morgan fingerprint density at radius 2 is 1.76 bits per heavy atom. The van der Waals surface area contributed by atoms with Crippen LogP contribution in [-0.2, 0) is 11.2 Å². The summed E-state index contributed by atoms with van der Waals surface area (Å²) in [5.41, 5.74) is 9.85. The fourth-order valence-corrected chi connectivity index (χ4v) is 2.63. The number of nitrogen functional groups attached to an aromatic ring is 1. The largest absolute Gasteiger partial charge is 0.491 e. The van der Waals surface area contributed by atoms with Gasteiger partial charge in [0.25, 0.3) is 0 Å². The highest BCUT2D eigenvalue weighted by molar-refractivity contribution is 5.85. The third-order valence-corrected chi connectivity index (χ3v) is 3.97. The topological polar surface area (TPSA) is 64.3 Å². The molecule has 3 N–H and O–H groups in total. The van der Waals surface area contributed by atoms with Crippen LogP contribution in [0.2, 0.25) is 0 Å². The molecule has 1 atom stereocenters. The average molecular weight is 363 g/mol. The van der Waals surface area contributed by atoms with Crippen molar-refractivity contribution in [1.82, 2.24) is 5.32 Å². The second-order valence-corrected chi connectivity index (χ2v) is 6.20. The van der Waals surface area contributed by atoms with Crippen LogP contribution in [0.5, 0.6) is 5.75 Å². The Balaban J connectivity index is 0.00000312. The van der Waals surface area contributed by atoms with E-state index in [4.69, 9.17) is 10.5 Å². The zero-order valence-electron chi connectivity index (χ0n) is 15.0. The van der Waals surface area contributed by atoms with Crippen LogP contribution >= 0.6 is 12.4 Å². The van der Waals surface area contributed by atoms with Crippen molar-refractivity contribution in [3.63, 3.8) is 0 Å². The van der Waals surface area contributed by atoms with Gasteiger partial charge in [0.1, 0.15) is 12.4 Å². The van der Waals surface area contributed by atoms with Crippen LogP contribution in [0.25, 0.3) is 0 Å². The maximum absolute atomic E-state index is 12.1. The molecule has 0 spiro atoms. The molecule has 1 unspecified atom stereocenters. The number of anilines is 1. The predicted octanol–water partition coefficient (Wildman–Crippen LogP) is 3.82. The van der Waals surface area contributed by atoms with E-state index in [1.54, 1.807) is 0 Å². The number of hydrogen-bond acceptors (Lipinski definition) is 3. The number of amides is 1. The van der Waals surface area contributed by atoms with Crippen molar-refractivity contribution in [1.29, 1.82) is 0 Å². The number of ether oxygens (including phenoxy) is 1. The number of halogens is 1. The lowest BCUT2D eigenvalue weighted by molar-refractivity contribution is -0.121. The third-order valence-electron chi connectivity index (χ3n) is 3.97. The lowest BCUT2D eigenvalue weighted by Gasteiger charge is -2.17. The molecule has 0 aliphatic rings. The van der Waals surface area contributed by atoms with Gasteiger partial charge in [-0.15, -0.1) is 12.4 Å². The molecule has 2 aromatic carbocycles. The average Bonchev–Trinajstić information content (AvgIpc) is 2.53. The molecule has 0 saturated carbocycles. The fourth-order valence-electron chi connectivity index (χ4n) is 2.63. The first-order chi connectivity index (χ1) is 11.5. The fraction of sp³-hybridized carbons (Fsp3) is 0.350. The second-order valence-electron chi connectivity index (χ2n) is 6.20. The summed E-state index contributed by atoms with van der Waals surface area (Å²) in [7, 11) is 0. The summed E-state index contributed by atoms with van der Waals surface area (Å²) in [5, 5.41) is 2.97. The molecule has 2 rings (SSSR count). The Labute approximate surface area is 156 Å². The molecule has 0 bridgehead atoms. The lowest BCUT2D eigenvalue weighted by Crippen LogP contribution is -2.37. The molecular weight excluding hydrogens is 336 g/mol. The minimum Gasteiger partial charge on any atom is -0.491 e. The Morgan fingerprint density at radius 1 is 1.12 bits per heavy atom. The first kappa shape index (κ1) is 20.8. The minimum atomic E-state index is -0.0513. The van der Waals surface area contributed by atoms with E-state index in [1.165, 1.54) is 0 Å². The van der Waals surface area contributed by atoms with E-state index in [-0.39, 0.29) is 24.4 Å². The molecule has 5 heteroatoms. The summed E-state index contributed by atoms with van der Waals surface area (Å²) in [4.78, 5) is 12.1. The Morgan fingerprint density at radius 3 is 2.40 bits per heavy atom. The summed E-state index contributed by atoms with van der Waals surface area (Å²) in [6.45, 7) is 6.44. The van der Waals surface area contributed by atoms with Gasteiger partial charge in [0.2, 0.25) is 5.91 Å². The second kappa shape index (κ2) is 9.94. The summed E-state index contributed by atoms with van der Waals surface area (Å²) in [6, 6.07) is 13.6. The SMILES string of the molecule is Cc1cccc(C)c1OCC(C)NC(=O)CCc1ccccc1N.Cl. The van der Waals surface area contributed by atoms with E-state index in [2.05, 4.69) is 5.32 Å². The molecule has 0 aliphatic heterocycles. The monoisotopic (exact) mass is 362 g/mol. The van der Waals surface area contributed by atoms with Crippen molar-refractivity contribution in [2.75, 3.05) is 12.3 Å². The van der Waals surface area contributed by atoms with Gasteiger partial charge in [-0.1, -0.05) is 36.4 Å². The Kier molecular flexibility index (Phi) is 8.29. The quantitative estimate of drug-likeness (QED) is 0.736. The zero-order chi connectivity index (χ0) is 17.5. The number of benzene rings is 2. The van der Waals surface area contributed by atoms with Crippen LogP contribution in [0, 0.1) is 13.8 Å². The highest BCUT2D eigenvalue weighted by Gasteiger charge is 2.11. The van der Waals surface area contributed by atoms with Crippen LogP contribution in [0.4, 0.5) is 5.69 Å². The molecule has 25 heavy (non-hydrogen) atoms. The van der Waals surface area contributed by atoms with E-state index < -0.39 is 0 Å². The summed E-state index contributed by atoms with van der Waals surface area (Å²) in [5.74, 6) is 0.909. The van der Waals surface area contributed by atoms with Gasteiger partial charge in [-0.2, -0.15) is 0 Å². The van der Waals surface area contributed by atoms with Crippen LogP contribution < -0.4 is 15.8 Å². The number of nitrogens with one attached hydrogen (secondary N) is 1. The third kappa shape index (κ3) is 6.31. The van der Waals surface area contributed by atoms with E-state index in [0.717, 1.165) is 28.1 Å². The van der Waals surface area contributed by atoms with Gasteiger partial charge in [0.05, 0.1) is 6.04 Å². The Hall–Kier alpha value is -2.20. The number of hydrogen-bond donors (Lipinski definition) is 2. The molecule has 4 nitrogen and oxygen atoms in total. The number of carbonyl (C=O) groups excluding carboxylic acids is 1. The van der Waals surface area contributed by atoms with Crippen molar-refractivity contribution >= 4 is 24.0 Å². The molecule has 0 aliphatic carbocycles. The van der Waals surface area contributed by atoms with Crippen molar-refractivity contribution < 1.29 is 9.53 Å². The first-order valence-electron chi connectivity index (χ1n) is 8.29. The molecule has 0 aromatic heterocycles. The summed E-state index contributed by atoms with van der Waals surface area (Å²) in [6.07, 6.45) is 1.06. The molecular formula is C20H27ClN2O2. The maximum Gasteiger partial charge on any atom is 0.220 e. The number of para-hydroxylation sites is 2. The van der Waals surface area contributed by atoms with Crippen molar-refractivity contribution in [2.24, 2.45) is 0 Å². The van der Waals surface area contributed by atoms with Gasteiger partial charge in [-0.3, -0.25) is 4.79 Å². The summed E-state index contributed by atoms with van der Waals surface area (Å²) >= 11 is 0. The van der Waals surface area contributed by atoms with Crippen molar-refractivity contribution in [3.8, 4) is 5.75 Å². The molecule has 2 aromatic rings. The maximum atomic E-state index is 12.1. The molecule has 1 amide bonds. The standard InChI is InChI=1S/C20H26N2O2.ClH/c1-14-7-6-8-15(2)20(14)24-13-16(3)22-19(23)12-11-17-9-4-5-10-18(17)21;/h4-10,16H,11-13,21H2,1-3H3,(H,22,23);1H. The lowest BCUT2D eigenvalue weighted by atomic mass is 10.1. The summed E-state index contributed by atoms with van der Waals surface area (Å²) < 4.78 is 5.88. The van der Waals surface area contributed by atoms with Gasteiger partial charge < -0.3 is 15.8 Å². The van der Waals surface area contributed by atoms with Crippen molar-refractivity contribution in [3.05, 3.63) is 59.2 Å². The van der Waals surface area contributed by atoms with Gasteiger partial charge in [0, 0.05) is 12.1 Å². The van der Waals surface area contributed by atoms with Gasteiger partial charge >= 0.3 is 0 Å². The highest BCUT2D eigenvalue weighted by Crippen LogP contribution is 2.22. The van der Waals surface area contributed by atoms with E-state index in [0.29, 0.717) is 19.4 Å². The van der Waals surface area contributed by atoms with Crippen LogP contribution in [-0.4, -0.2) is 18.6 Å². The van der Waals surface area contributed by atoms with E-state index >= 15 is 0 Å². The molecule has 0 saturated heterocycles. The number of aryl methyl sites for hydroxylation is 3. The van der Waals surface area contributed by atoms with Crippen LogP contribution in [0.1, 0.15) is 30.0 Å². The van der Waals surface area contributed by atoms with Crippen LogP contribution in [0.15, 0.2) is 42.5 Å². The molecule has 136 valence electrons. The van der Waals surface area contributed by atoms with Gasteiger partial charge in [-0.05, 0) is 49.9 Å². The molecule has 0 heterocycles. The normalized spacial score (nSPS) is 11.3. The molecule has 0 radical (unpaired) electrons. The number of nitrogens with two attached hydrogens (primary N) is 1. The minimum absolute atomic E-state index is 0. The molecule has 0 fully saturated rings. The van der Waals surface area contributed by atoms with E-state index in [9.17, 15) is 4.79 Å².